The van der Waals surface area contributed by atoms with E-state index in [4.69, 9.17) is 5.73 Å². The zero-order chi connectivity index (χ0) is 29.6. The van der Waals surface area contributed by atoms with Gasteiger partial charge in [0.15, 0.2) is 0 Å². The minimum atomic E-state index is -0.527. The van der Waals surface area contributed by atoms with Crippen molar-refractivity contribution in [3.63, 3.8) is 0 Å². The number of carbonyl (C=O) groups excluding carboxylic acids is 3. The number of nitro benzene ring substituents is 1. The Bertz CT molecular complexity index is 1450. The Morgan fingerprint density at radius 1 is 0.833 bits per heavy atom. The van der Waals surface area contributed by atoms with Crippen LogP contribution in [0.5, 0.6) is 0 Å². The smallest absolute Gasteiger partial charge is 0.269 e. The Hall–Kier alpha value is -4.84. The summed E-state index contributed by atoms with van der Waals surface area (Å²) in [6.45, 7) is 1.99. The largest absolute Gasteiger partial charge is 0.366 e. The Kier molecular flexibility index (Phi) is 8.72. The van der Waals surface area contributed by atoms with E-state index in [1.807, 2.05) is 0 Å². The normalized spacial score (nSPS) is 18.7. The van der Waals surface area contributed by atoms with E-state index < -0.39 is 10.8 Å². The molecule has 1 saturated heterocycles. The molecular formula is C30H33N7O5. The molecule has 5 rings (SSSR count). The maximum atomic E-state index is 13.2. The van der Waals surface area contributed by atoms with Crippen molar-refractivity contribution in [2.75, 3.05) is 36.4 Å². The van der Waals surface area contributed by atoms with E-state index in [9.17, 15) is 24.5 Å². The van der Waals surface area contributed by atoms with Crippen LogP contribution in [0.25, 0.3) is 0 Å². The van der Waals surface area contributed by atoms with Crippen LogP contribution >= 0.6 is 0 Å². The van der Waals surface area contributed by atoms with Crippen LogP contribution in [0.4, 0.5) is 17.1 Å². The lowest BCUT2D eigenvalue weighted by Gasteiger charge is -2.37. The zero-order valence-corrected chi connectivity index (χ0v) is 23.1. The predicted octanol–water partition coefficient (Wildman–Crippen LogP) is 3.20. The van der Waals surface area contributed by atoms with E-state index in [1.54, 1.807) is 47.6 Å². The number of anilines is 2. The van der Waals surface area contributed by atoms with Gasteiger partial charge in [-0.1, -0.05) is 0 Å². The van der Waals surface area contributed by atoms with Crippen LogP contribution in [-0.4, -0.2) is 70.8 Å². The number of rotatable bonds is 7. The predicted molar refractivity (Wildman–Crippen MR) is 158 cm³/mol. The fourth-order valence-electron chi connectivity index (χ4n) is 5.34. The molecule has 2 aromatic carbocycles. The Balaban J connectivity index is 1.34. The lowest BCUT2D eigenvalue weighted by atomic mass is 9.91. The number of hydrogen-bond acceptors (Lipinski definition) is 8. The van der Waals surface area contributed by atoms with Crippen molar-refractivity contribution < 1.29 is 19.3 Å². The van der Waals surface area contributed by atoms with Crippen molar-refractivity contribution >= 4 is 34.8 Å². The molecule has 1 aliphatic carbocycles. The third-order valence-corrected chi connectivity index (χ3v) is 7.79. The summed E-state index contributed by atoms with van der Waals surface area (Å²) in [4.78, 5) is 57.6. The van der Waals surface area contributed by atoms with Crippen molar-refractivity contribution in [2.24, 2.45) is 5.73 Å². The number of nitrogens with zero attached hydrogens (tertiary/aromatic N) is 4. The van der Waals surface area contributed by atoms with Gasteiger partial charge in [-0.15, -0.1) is 0 Å². The standard InChI is InChI=1S/C30H33N7O5/c31-23-4-6-24(7-5-23)33-29(39)22-3-10-27(26(19-22)34-28(38)20-1-8-25(9-2-20)37(41)42)35-15-17-36(18-16-35)30(40)21-11-13-32-14-12-21/h1-3,8-14,19,23-24H,4-7,15-18,31H2,(H,33,39)(H,34,38). The molecule has 4 N–H and O–H groups in total. The monoisotopic (exact) mass is 571 g/mol. The summed E-state index contributed by atoms with van der Waals surface area (Å²) in [5, 5.41) is 17.0. The SMILES string of the molecule is NC1CCC(NC(=O)c2ccc(N3CCN(C(=O)c4ccncc4)CC3)c(NC(=O)c3ccc([N+](=O)[O-])cc3)c2)CC1. The van der Waals surface area contributed by atoms with Gasteiger partial charge in [-0.05, 0) is 68.1 Å². The Morgan fingerprint density at radius 3 is 2.12 bits per heavy atom. The highest BCUT2D eigenvalue weighted by Gasteiger charge is 2.26. The van der Waals surface area contributed by atoms with Crippen LogP contribution in [0.3, 0.4) is 0 Å². The molecule has 0 unspecified atom stereocenters. The van der Waals surface area contributed by atoms with Crippen LogP contribution in [0, 0.1) is 10.1 Å². The van der Waals surface area contributed by atoms with Gasteiger partial charge in [0.1, 0.15) is 0 Å². The van der Waals surface area contributed by atoms with Crippen molar-refractivity contribution in [3.05, 3.63) is 93.8 Å². The van der Waals surface area contributed by atoms with Gasteiger partial charge < -0.3 is 26.2 Å². The first-order valence-electron chi connectivity index (χ1n) is 14.0. The van der Waals surface area contributed by atoms with Crippen LogP contribution in [-0.2, 0) is 0 Å². The fourth-order valence-corrected chi connectivity index (χ4v) is 5.34. The molecule has 1 aliphatic heterocycles. The first-order valence-corrected chi connectivity index (χ1v) is 14.0. The highest BCUT2D eigenvalue weighted by atomic mass is 16.6. The number of amides is 3. The van der Waals surface area contributed by atoms with Crippen LogP contribution in [0.15, 0.2) is 67.0 Å². The summed E-state index contributed by atoms with van der Waals surface area (Å²) in [7, 11) is 0. The molecule has 2 aliphatic rings. The minimum Gasteiger partial charge on any atom is -0.366 e. The molecule has 12 nitrogen and oxygen atoms in total. The zero-order valence-electron chi connectivity index (χ0n) is 23.1. The van der Waals surface area contributed by atoms with E-state index in [-0.39, 0.29) is 35.1 Å². The van der Waals surface area contributed by atoms with Gasteiger partial charge in [-0.25, -0.2) is 0 Å². The third-order valence-electron chi connectivity index (χ3n) is 7.79. The molecular weight excluding hydrogens is 538 g/mol. The van der Waals surface area contributed by atoms with E-state index in [0.29, 0.717) is 48.7 Å². The molecule has 1 saturated carbocycles. The number of benzene rings is 2. The van der Waals surface area contributed by atoms with Crippen LogP contribution in [0.1, 0.15) is 56.8 Å². The summed E-state index contributed by atoms with van der Waals surface area (Å²) in [5.74, 6) is -0.767. The van der Waals surface area contributed by atoms with Gasteiger partial charge in [-0.3, -0.25) is 29.5 Å². The number of non-ortho nitro benzene ring substituents is 1. The quantitative estimate of drug-likeness (QED) is 0.287. The molecule has 1 aromatic heterocycles. The molecule has 218 valence electrons. The average Bonchev–Trinajstić information content (AvgIpc) is 3.02. The van der Waals surface area contributed by atoms with Crippen molar-refractivity contribution in [1.29, 1.82) is 0 Å². The first kappa shape index (κ1) is 28.7. The summed E-state index contributed by atoms with van der Waals surface area (Å²) in [6, 6.07) is 14.1. The lowest BCUT2D eigenvalue weighted by molar-refractivity contribution is -0.384. The van der Waals surface area contributed by atoms with Gasteiger partial charge in [0.25, 0.3) is 23.4 Å². The second kappa shape index (κ2) is 12.8. The van der Waals surface area contributed by atoms with E-state index in [0.717, 1.165) is 25.7 Å². The summed E-state index contributed by atoms with van der Waals surface area (Å²) >= 11 is 0. The van der Waals surface area contributed by atoms with Crippen molar-refractivity contribution in [1.82, 2.24) is 15.2 Å². The highest BCUT2D eigenvalue weighted by molar-refractivity contribution is 6.07. The second-order valence-electron chi connectivity index (χ2n) is 10.6. The molecule has 0 atom stereocenters. The minimum absolute atomic E-state index is 0.0427. The Labute approximate surface area is 243 Å². The lowest BCUT2D eigenvalue weighted by Crippen LogP contribution is -2.49. The van der Waals surface area contributed by atoms with Crippen molar-refractivity contribution in [3.8, 4) is 0 Å². The molecule has 0 bridgehead atoms. The van der Waals surface area contributed by atoms with E-state index in [2.05, 4.69) is 20.5 Å². The third kappa shape index (κ3) is 6.72. The molecule has 0 radical (unpaired) electrons. The molecule has 2 heterocycles. The number of nitrogens with two attached hydrogens (primary N) is 1. The van der Waals surface area contributed by atoms with Gasteiger partial charge in [0.05, 0.1) is 16.3 Å². The molecule has 2 fully saturated rings. The van der Waals surface area contributed by atoms with Gasteiger partial charge in [0.2, 0.25) is 0 Å². The maximum absolute atomic E-state index is 13.2. The first-order chi connectivity index (χ1) is 20.3. The fraction of sp³-hybridized carbons (Fsp3) is 0.333. The van der Waals surface area contributed by atoms with Crippen LogP contribution < -0.4 is 21.3 Å². The van der Waals surface area contributed by atoms with Crippen LogP contribution in [0.2, 0.25) is 0 Å². The summed E-state index contributed by atoms with van der Waals surface area (Å²) < 4.78 is 0. The van der Waals surface area contributed by atoms with Gasteiger partial charge in [-0.2, -0.15) is 0 Å². The number of hydrogen-bond donors (Lipinski definition) is 3. The number of pyridine rings is 1. The number of nitrogens with one attached hydrogen (secondary N) is 2. The number of carbonyl (C=O) groups is 3. The topological polar surface area (TPSA) is 164 Å². The number of piperazine rings is 1. The molecule has 0 spiro atoms. The van der Waals surface area contributed by atoms with E-state index in [1.165, 1.54) is 24.3 Å². The summed E-state index contributed by atoms with van der Waals surface area (Å²) in [6.07, 6.45) is 6.52. The highest BCUT2D eigenvalue weighted by Crippen LogP contribution is 2.30. The second-order valence-corrected chi connectivity index (χ2v) is 10.6. The number of nitro groups is 1. The Morgan fingerprint density at radius 2 is 1.48 bits per heavy atom. The maximum Gasteiger partial charge on any atom is 0.269 e. The van der Waals surface area contributed by atoms with Crippen molar-refractivity contribution in [2.45, 2.75) is 37.8 Å². The average molecular weight is 572 g/mol. The molecule has 3 aromatic rings. The number of aromatic nitrogens is 1. The molecule has 42 heavy (non-hydrogen) atoms. The van der Waals surface area contributed by atoms with Gasteiger partial charge >= 0.3 is 0 Å². The van der Waals surface area contributed by atoms with Gasteiger partial charge in [0, 0.05) is 79.5 Å². The summed E-state index contributed by atoms with van der Waals surface area (Å²) in [5.41, 5.74) is 8.25. The van der Waals surface area contributed by atoms with E-state index >= 15 is 0 Å². The molecule has 3 amide bonds. The molecule has 12 heteroatoms.